The minimum Gasteiger partial charge on any atom is -0.471 e. The van der Waals surface area contributed by atoms with Crippen LogP contribution in [0, 0.1) is 17.4 Å². The third-order valence-electron chi connectivity index (χ3n) is 9.12. The van der Waals surface area contributed by atoms with Gasteiger partial charge in [-0.15, -0.1) is 0 Å². The summed E-state index contributed by atoms with van der Waals surface area (Å²) in [5, 5.41) is 21.0. The van der Waals surface area contributed by atoms with Crippen molar-refractivity contribution in [2.24, 2.45) is 5.92 Å². The zero-order valence-corrected chi connectivity index (χ0v) is 29.1. The van der Waals surface area contributed by atoms with Crippen LogP contribution in [0.4, 0.5) is 4.79 Å². The smallest absolute Gasteiger partial charge is 0.408 e. The quantitative estimate of drug-likeness (QED) is 0.195. The van der Waals surface area contributed by atoms with Gasteiger partial charge in [0.05, 0.1) is 17.6 Å². The molecular formula is C36H41N7O6S. The molecule has 1 saturated heterocycles. The fraction of sp³-hybridized carbons (Fsp3) is 0.472. The summed E-state index contributed by atoms with van der Waals surface area (Å²) in [5.74, 6) is -1.65. The summed E-state index contributed by atoms with van der Waals surface area (Å²) >= 11 is 1.51. The monoisotopic (exact) mass is 699 g/mol. The number of carbonyl (C=O) groups is 4. The minimum absolute atomic E-state index is 0.0156. The summed E-state index contributed by atoms with van der Waals surface area (Å²) in [6.07, 6.45) is 7.95. The molecule has 3 aliphatic rings. The largest absolute Gasteiger partial charge is 0.471 e. The highest BCUT2D eigenvalue weighted by Crippen LogP contribution is 2.45. The van der Waals surface area contributed by atoms with Crippen LogP contribution in [-0.4, -0.2) is 74.6 Å². The Labute approximate surface area is 294 Å². The molecule has 2 aromatic heterocycles. The molecule has 0 unspecified atom stereocenters. The van der Waals surface area contributed by atoms with Crippen LogP contribution >= 0.6 is 11.3 Å². The number of rotatable bonds is 5. The Morgan fingerprint density at radius 1 is 1.12 bits per heavy atom. The van der Waals surface area contributed by atoms with Crippen molar-refractivity contribution in [1.82, 2.24) is 30.8 Å². The van der Waals surface area contributed by atoms with Crippen LogP contribution < -0.4 is 20.7 Å². The van der Waals surface area contributed by atoms with Gasteiger partial charge in [-0.1, -0.05) is 37.1 Å². The fourth-order valence-electron chi connectivity index (χ4n) is 6.59. The second-order valence-electron chi connectivity index (χ2n) is 14.0. The van der Waals surface area contributed by atoms with Gasteiger partial charge in [0.15, 0.2) is 6.19 Å². The SMILES string of the molecule is CC(C)(C)OC(=O)N[C@H]1CCCCC/C=C\[C@@H]2C[C@@]2(C(=O)NC#N)NC(=O)[C@@H]2C[C@@H](Oc3nc4ccccc4nc3-c3ccsc3)CN2C1=O. The Morgan fingerprint density at radius 3 is 2.62 bits per heavy atom. The predicted molar refractivity (Wildman–Crippen MR) is 186 cm³/mol. The third-order valence-corrected chi connectivity index (χ3v) is 9.80. The molecule has 0 radical (unpaired) electrons. The molecular weight excluding hydrogens is 659 g/mol. The molecule has 4 heterocycles. The fourth-order valence-corrected chi connectivity index (χ4v) is 7.23. The molecule has 3 aromatic rings. The van der Waals surface area contributed by atoms with Crippen molar-refractivity contribution in [2.45, 2.75) is 95.0 Å². The maximum absolute atomic E-state index is 14.4. The first-order valence-corrected chi connectivity index (χ1v) is 17.9. The average molecular weight is 700 g/mol. The summed E-state index contributed by atoms with van der Waals surface area (Å²) in [6.45, 7) is 5.24. The van der Waals surface area contributed by atoms with Gasteiger partial charge < -0.3 is 25.0 Å². The maximum Gasteiger partial charge on any atom is 0.408 e. The number of aromatic nitrogens is 2. The molecule has 14 heteroatoms. The molecule has 1 aromatic carbocycles. The normalized spacial score (nSPS) is 26.2. The highest BCUT2D eigenvalue weighted by molar-refractivity contribution is 7.08. The lowest BCUT2D eigenvalue weighted by Gasteiger charge is -2.30. The lowest BCUT2D eigenvalue weighted by Crippen LogP contribution is -2.57. The first-order valence-electron chi connectivity index (χ1n) is 16.9. The van der Waals surface area contributed by atoms with Gasteiger partial charge in [-0.2, -0.15) is 16.6 Å². The first-order chi connectivity index (χ1) is 24.0. The molecule has 0 spiro atoms. The van der Waals surface area contributed by atoms with Gasteiger partial charge in [0.1, 0.15) is 35.0 Å². The minimum atomic E-state index is -1.32. The van der Waals surface area contributed by atoms with Gasteiger partial charge in [0.2, 0.25) is 17.7 Å². The van der Waals surface area contributed by atoms with Crippen LogP contribution in [0.3, 0.4) is 0 Å². The van der Waals surface area contributed by atoms with Crippen LogP contribution in [0.1, 0.15) is 65.7 Å². The number of nitrogens with zero attached hydrogens (tertiary/aromatic N) is 4. The second kappa shape index (κ2) is 14.4. The highest BCUT2D eigenvalue weighted by Gasteiger charge is 2.61. The number of alkyl carbamates (subject to hydrolysis) is 1. The summed E-state index contributed by atoms with van der Waals surface area (Å²) in [5.41, 5.74) is 0.581. The van der Waals surface area contributed by atoms with Crippen molar-refractivity contribution in [3.8, 4) is 23.3 Å². The van der Waals surface area contributed by atoms with Gasteiger partial charge in [-0.05, 0) is 70.0 Å². The van der Waals surface area contributed by atoms with Crippen molar-refractivity contribution in [3.63, 3.8) is 0 Å². The molecule has 262 valence electrons. The van der Waals surface area contributed by atoms with Crippen LogP contribution in [-0.2, 0) is 19.1 Å². The number of allylic oxidation sites excluding steroid dienone is 1. The molecule has 1 aliphatic carbocycles. The number of hydrogen-bond donors (Lipinski definition) is 3. The van der Waals surface area contributed by atoms with E-state index in [1.165, 1.54) is 16.2 Å². The van der Waals surface area contributed by atoms with Gasteiger partial charge in [0, 0.05) is 23.3 Å². The molecule has 2 aliphatic heterocycles. The lowest BCUT2D eigenvalue weighted by atomic mass is 10.0. The summed E-state index contributed by atoms with van der Waals surface area (Å²) in [6, 6.07) is 7.35. The summed E-state index contributed by atoms with van der Waals surface area (Å²) in [7, 11) is 0. The molecule has 4 amide bonds. The topological polar surface area (TPSA) is 176 Å². The number of hydrogen-bond acceptors (Lipinski definition) is 10. The predicted octanol–water partition coefficient (Wildman–Crippen LogP) is 4.59. The van der Waals surface area contributed by atoms with Crippen molar-refractivity contribution in [3.05, 3.63) is 53.2 Å². The molecule has 3 N–H and O–H groups in total. The molecule has 1 saturated carbocycles. The Kier molecular flexibility index (Phi) is 10.1. The van der Waals surface area contributed by atoms with E-state index in [0.717, 1.165) is 24.8 Å². The molecule has 5 atom stereocenters. The third kappa shape index (κ3) is 7.73. The van der Waals surface area contributed by atoms with Crippen LogP contribution in [0.5, 0.6) is 5.88 Å². The number of ether oxygens (including phenoxy) is 2. The van der Waals surface area contributed by atoms with E-state index in [1.54, 1.807) is 27.0 Å². The van der Waals surface area contributed by atoms with E-state index in [4.69, 9.17) is 19.4 Å². The number of carbonyl (C=O) groups excluding carboxylic acids is 4. The van der Waals surface area contributed by atoms with Crippen LogP contribution in [0.25, 0.3) is 22.3 Å². The Morgan fingerprint density at radius 2 is 1.90 bits per heavy atom. The van der Waals surface area contributed by atoms with Gasteiger partial charge in [-0.25, -0.2) is 14.8 Å². The van der Waals surface area contributed by atoms with E-state index in [0.29, 0.717) is 36.0 Å². The van der Waals surface area contributed by atoms with E-state index in [-0.39, 0.29) is 24.8 Å². The van der Waals surface area contributed by atoms with Crippen LogP contribution in [0.2, 0.25) is 0 Å². The average Bonchev–Trinajstić information content (AvgIpc) is 3.38. The number of fused-ring (bicyclic) bond motifs is 3. The number of nitriles is 1. The number of thiophene rings is 1. The highest BCUT2D eigenvalue weighted by atomic mass is 32.1. The zero-order chi connectivity index (χ0) is 35.5. The van der Waals surface area contributed by atoms with E-state index < -0.39 is 53.1 Å². The van der Waals surface area contributed by atoms with Gasteiger partial charge >= 0.3 is 6.09 Å². The zero-order valence-electron chi connectivity index (χ0n) is 28.3. The lowest BCUT2D eigenvalue weighted by molar-refractivity contribution is -0.141. The van der Waals surface area contributed by atoms with Crippen molar-refractivity contribution in [1.29, 1.82) is 5.26 Å². The van der Waals surface area contributed by atoms with Crippen molar-refractivity contribution >= 4 is 46.2 Å². The Hall–Kier alpha value is -5.03. The van der Waals surface area contributed by atoms with Crippen LogP contribution in [0.15, 0.2) is 53.2 Å². The number of para-hydroxylation sites is 2. The molecule has 50 heavy (non-hydrogen) atoms. The molecule has 0 bridgehead atoms. The second-order valence-corrected chi connectivity index (χ2v) is 14.7. The van der Waals surface area contributed by atoms with E-state index in [2.05, 4.69) is 16.0 Å². The van der Waals surface area contributed by atoms with Gasteiger partial charge in [0.25, 0.3) is 5.91 Å². The first kappa shape index (κ1) is 34.8. The van der Waals surface area contributed by atoms with E-state index in [1.807, 2.05) is 53.2 Å². The molecule has 2 fully saturated rings. The number of amides is 4. The van der Waals surface area contributed by atoms with Gasteiger partial charge in [-0.3, -0.25) is 19.7 Å². The number of nitrogens with one attached hydrogen (secondary N) is 3. The number of benzene rings is 1. The van der Waals surface area contributed by atoms with Crippen molar-refractivity contribution in [2.75, 3.05) is 6.54 Å². The summed E-state index contributed by atoms with van der Waals surface area (Å²) < 4.78 is 12.0. The standard InChI is InChI=1S/C36H41N7O6S/c1-35(2,3)49-34(47)41-27-14-8-6-4-5-7-11-23-18-36(23,33(46)38-21-37)42-30(44)28-17-24(19-43(28)32(27)45)48-31-29(22-15-16-50-20-22)39-25-12-9-10-13-26(25)40-31/h7,9-13,15-16,20,23-24,27-28H,4-6,8,14,17-19H2,1-3H3,(H,38,46)(H,41,47)(H,42,44)/b11-7-/t23-,24-,27+,28+,36-/m1/s1. The molecule has 6 rings (SSSR count). The Bertz CT molecular complexity index is 1830. The Balaban J connectivity index is 1.34. The summed E-state index contributed by atoms with van der Waals surface area (Å²) in [4.78, 5) is 65.7. The maximum atomic E-state index is 14.4. The van der Waals surface area contributed by atoms with E-state index >= 15 is 0 Å². The molecule has 13 nitrogen and oxygen atoms in total. The van der Waals surface area contributed by atoms with E-state index in [9.17, 15) is 24.4 Å². The van der Waals surface area contributed by atoms with Crippen molar-refractivity contribution < 1.29 is 28.7 Å².